The van der Waals surface area contributed by atoms with Gasteiger partial charge in [0.15, 0.2) is 0 Å². The van der Waals surface area contributed by atoms with E-state index in [-0.39, 0.29) is 11.3 Å². The second-order valence-electron chi connectivity index (χ2n) is 6.82. The smallest absolute Gasteiger partial charge is 0.408 e. The summed E-state index contributed by atoms with van der Waals surface area (Å²) in [6, 6.07) is -0.631. The third kappa shape index (κ3) is 9.42. The van der Waals surface area contributed by atoms with Crippen LogP contribution in [0.25, 0.3) is 0 Å². The zero-order valence-corrected chi connectivity index (χ0v) is 13.7. The van der Waals surface area contributed by atoms with Crippen LogP contribution in [0.1, 0.15) is 48.0 Å². The van der Waals surface area contributed by atoms with E-state index >= 15 is 0 Å². The van der Waals surface area contributed by atoms with Crippen LogP contribution < -0.4 is 10.6 Å². The molecule has 0 aromatic heterocycles. The summed E-state index contributed by atoms with van der Waals surface area (Å²) in [5, 5.41) is 5.12. The van der Waals surface area contributed by atoms with E-state index in [1.807, 2.05) is 12.2 Å². The first-order valence-corrected chi connectivity index (χ1v) is 6.83. The molecule has 0 bridgehead atoms. The van der Waals surface area contributed by atoms with Gasteiger partial charge in [0.1, 0.15) is 11.6 Å². The van der Waals surface area contributed by atoms with Gasteiger partial charge in [-0.1, -0.05) is 32.9 Å². The first kappa shape index (κ1) is 18.5. The number of rotatable bonds is 4. The molecule has 20 heavy (non-hydrogen) atoms. The number of amides is 2. The molecule has 0 saturated carbocycles. The minimum absolute atomic E-state index is 0.0408. The third-order valence-electron chi connectivity index (χ3n) is 2.24. The molecule has 1 unspecified atom stereocenters. The molecular formula is C15H28N2O3. The van der Waals surface area contributed by atoms with Crippen LogP contribution in [-0.2, 0) is 9.53 Å². The Labute approximate surface area is 122 Å². The Morgan fingerprint density at radius 3 is 2.10 bits per heavy atom. The normalized spacial score (nSPS) is 13.9. The van der Waals surface area contributed by atoms with Crippen molar-refractivity contribution >= 4 is 12.0 Å². The van der Waals surface area contributed by atoms with Crippen LogP contribution in [0, 0.1) is 5.41 Å². The molecule has 0 spiro atoms. The van der Waals surface area contributed by atoms with Crippen molar-refractivity contribution in [3.8, 4) is 0 Å². The molecule has 0 aliphatic rings. The zero-order chi connectivity index (χ0) is 16.0. The van der Waals surface area contributed by atoms with Crippen LogP contribution in [-0.4, -0.2) is 30.7 Å². The van der Waals surface area contributed by atoms with Gasteiger partial charge in [-0.05, 0) is 32.6 Å². The highest BCUT2D eigenvalue weighted by molar-refractivity contribution is 5.85. The van der Waals surface area contributed by atoms with E-state index in [0.29, 0.717) is 6.42 Å². The second kappa shape index (κ2) is 7.31. The maximum absolute atomic E-state index is 11.8. The molecule has 0 rings (SSSR count). The summed E-state index contributed by atoms with van der Waals surface area (Å²) in [6.45, 7) is 11.5. The molecule has 5 heteroatoms. The number of nitrogens with one attached hydrogen (secondary N) is 2. The molecule has 0 saturated heterocycles. The first-order chi connectivity index (χ1) is 8.94. The summed E-state index contributed by atoms with van der Waals surface area (Å²) in [4.78, 5) is 23.5. The predicted octanol–water partition coefficient (Wildman–Crippen LogP) is 2.62. The van der Waals surface area contributed by atoms with E-state index in [4.69, 9.17) is 4.74 Å². The van der Waals surface area contributed by atoms with Crippen molar-refractivity contribution in [1.29, 1.82) is 0 Å². The summed E-state index contributed by atoms with van der Waals surface area (Å²) >= 11 is 0. The van der Waals surface area contributed by atoms with Crippen molar-refractivity contribution in [2.45, 2.75) is 59.6 Å². The molecule has 5 nitrogen and oxygen atoms in total. The Bertz CT molecular complexity index is 362. The van der Waals surface area contributed by atoms with Crippen molar-refractivity contribution in [1.82, 2.24) is 10.6 Å². The first-order valence-electron chi connectivity index (χ1n) is 6.83. The monoisotopic (exact) mass is 284 g/mol. The van der Waals surface area contributed by atoms with Crippen molar-refractivity contribution in [2.24, 2.45) is 5.41 Å². The van der Waals surface area contributed by atoms with E-state index in [0.717, 1.165) is 0 Å². The minimum atomic E-state index is -0.631. The van der Waals surface area contributed by atoms with E-state index in [9.17, 15) is 9.59 Å². The highest BCUT2D eigenvalue weighted by Gasteiger charge is 2.22. The maximum atomic E-state index is 11.8. The summed E-state index contributed by atoms with van der Waals surface area (Å²) < 4.78 is 5.16. The summed E-state index contributed by atoms with van der Waals surface area (Å²) in [5.41, 5.74) is -0.544. The lowest BCUT2D eigenvalue weighted by Crippen LogP contribution is -2.47. The fourth-order valence-corrected chi connectivity index (χ4v) is 1.41. The molecule has 2 amide bonds. The lowest BCUT2D eigenvalue weighted by Gasteiger charge is -2.22. The molecule has 1 atom stereocenters. The number of allylic oxidation sites excluding steroid dienone is 1. The number of ether oxygens (including phenoxy) is 1. The number of carbonyl (C=O) groups is 2. The Balaban J connectivity index is 4.63. The van der Waals surface area contributed by atoms with Gasteiger partial charge in [0, 0.05) is 7.05 Å². The fraction of sp³-hybridized carbons (Fsp3) is 0.733. The highest BCUT2D eigenvalue weighted by atomic mass is 16.6. The quantitative estimate of drug-likeness (QED) is 0.780. The third-order valence-corrected chi connectivity index (χ3v) is 2.24. The van der Waals surface area contributed by atoms with E-state index in [1.165, 1.54) is 0 Å². The molecule has 0 fully saturated rings. The number of alkyl carbamates (subject to hydrolysis) is 1. The number of carbonyl (C=O) groups excluding carboxylic acids is 2. The summed E-state index contributed by atoms with van der Waals surface area (Å²) in [7, 11) is 1.54. The van der Waals surface area contributed by atoms with Crippen LogP contribution in [0.2, 0.25) is 0 Å². The molecule has 2 N–H and O–H groups in total. The van der Waals surface area contributed by atoms with Crippen LogP contribution in [0.4, 0.5) is 4.79 Å². The van der Waals surface area contributed by atoms with Gasteiger partial charge in [0.25, 0.3) is 0 Å². The minimum Gasteiger partial charge on any atom is -0.444 e. The van der Waals surface area contributed by atoms with Crippen LogP contribution in [0.15, 0.2) is 12.2 Å². The molecule has 116 valence electrons. The van der Waals surface area contributed by atoms with Crippen molar-refractivity contribution in [3.05, 3.63) is 12.2 Å². The van der Waals surface area contributed by atoms with Crippen molar-refractivity contribution in [2.75, 3.05) is 7.05 Å². The van der Waals surface area contributed by atoms with Gasteiger partial charge in [-0.25, -0.2) is 4.79 Å². The summed E-state index contributed by atoms with van der Waals surface area (Å²) in [5.74, 6) is -0.241. The van der Waals surface area contributed by atoms with Gasteiger partial charge in [0.2, 0.25) is 5.91 Å². The molecule has 0 aliphatic heterocycles. The van der Waals surface area contributed by atoms with Gasteiger partial charge in [0.05, 0.1) is 0 Å². The highest BCUT2D eigenvalue weighted by Crippen LogP contribution is 2.15. The van der Waals surface area contributed by atoms with E-state index in [1.54, 1.807) is 27.8 Å². The number of likely N-dealkylation sites (N-methyl/N-ethyl adjacent to an activating group) is 1. The SMILES string of the molecule is CNC(=O)C(CC=CC(C)(C)C)NC(=O)OC(C)(C)C. The molecular weight excluding hydrogens is 256 g/mol. The van der Waals surface area contributed by atoms with Gasteiger partial charge < -0.3 is 15.4 Å². The molecule has 0 aromatic carbocycles. The molecule has 0 radical (unpaired) electrons. The Morgan fingerprint density at radius 2 is 1.70 bits per heavy atom. The Hall–Kier alpha value is -1.52. The standard InChI is InChI=1S/C15H28N2O3/c1-14(2,3)10-8-9-11(12(18)16-7)17-13(19)20-15(4,5)6/h8,10-11H,9H2,1-7H3,(H,16,18)(H,17,19). The van der Waals surface area contributed by atoms with Crippen molar-refractivity contribution in [3.63, 3.8) is 0 Å². The lowest BCUT2D eigenvalue weighted by atomic mass is 9.95. The van der Waals surface area contributed by atoms with E-state index < -0.39 is 17.7 Å². The van der Waals surface area contributed by atoms with Gasteiger partial charge in [-0.15, -0.1) is 0 Å². The van der Waals surface area contributed by atoms with Crippen LogP contribution >= 0.6 is 0 Å². The topological polar surface area (TPSA) is 67.4 Å². The maximum Gasteiger partial charge on any atom is 0.408 e. The second-order valence-corrected chi connectivity index (χ2v) is 6.82. The van der Waals surface area contributed by atoms with Gasteiger partial charge in [-0.3, -0.25) is 4.79 Å². The zero-order valence-electron chi connectivity index (χ0n) is 13.7. The Morgan fingerprint density at radius 1 is 1.15 bits per heavy atom. The van der Waals surface area contributed by atoms with E-state index in [2.05, 4.69) is 31.4 Å². The number of hydrogen-bond acceptors (Lipinski definition) is 3. The lowest BCUT2D eigenvalue weighted by molar-refractivity contribution is -0.122. The summed E-state index contributed by atoms with van der Waals surface area (Å²) in [6.07, 6.45) is 3.75. The largest absolute Gasteiger partial charge is 0.444 e. The average Bonchev–Trinajstić information content (AvgIpc) is 2.22. The van der Waals surface area contributed by atoms with Gasteiger partial charge in [-0.2, -0.15) is 0 Å². The van der Waals surface area contributed by atoms with Gasteiger partial charge >= 0.3 is 6.09 Å². The molecule has 0 heterocycles. The van der Waals surface area contributed by atoms with Crippen LogP contribution in [0.3, 0.4) is 0 Å². The fourth-order valence-electron chi connectivity index (χ4n) is 1.41. The predicted molar refractivity (Wildman–Crippen MR) is 80.4 cm³/mol. The molecule has 0 aromatic rings. The Kier molecular flexibility index (Phi) is 6.76. The van der Waals surface area contributed by atoms with Crippen molar-refractivity contribution < 1.29 is 14.3 Å². The average molecular weight is 284 g/mol. The number of hydrogen-bond donors (Lipinski definition) is 2. The molecule has 0 aliphatic carbocycles. The van der Waals surface area contributed by atoms with Crippen LogP contribution in [0.5, 0.6) is 0 Å².